The lowest BCUT2D eigenvalue weighted by Gasteiger charge is -2.29. The van der Waals surface area contributed by atoms with E-state index < -0.39 is 5.97 Å². The largest absolute Gasteiger partial charge is 0.478 e. The molecule has 1 aromatic heterocycles. The minimum absolute atomic E-state index is 0.0546. The van der Waals surface area contributed by atoms with Gasteiger partial charge in [-0.15, -0.1) is 0 Å². The molecule has 1 heterocycles. The summed E-state index contributed by atoms with van der Waals surface area (Å²) in [6.07, 6.45) is 1.41. The number of hydrogen-bond donors (Lipinski definition) is 1. The Morgan fingerprint density at radius 2 is 2.00 bits per heavy atom. The fourth-order valence-electron chi connectivity index (χ4n) is 1.40. The Morgan fingerprint density at radius 3 is 2.47 bits per heavy atom. The number of rotatable bonds is 4. The van der Waals surface area contributed by atoms with Crippen molar-refractivity contribution in [3.63, 3.8) is 0 Å². The molecule has 0 fully saturated rings. The zero-order chi connectivity index (χ0) is 13.2. The van der Waals surface area contributed by atoms with Crippen LogP contribution in [0.25, 0.3) is 0 Å². The first kappa shape index (κ1) is 13.5. The molecule has 0 aromatic carbocycles. The number of carbonyl (C=O) groups is 1. The number of carboxylic acid groups (broad SMARTS) is 1. The van der Waals surface area contributed by atoms with Crippen molar-refractivity contribution in [3.05, 3.63) is 34.2 Å². The van der Waals surface area contributed by atoms with Crippen molar-refractivity contribution in [2.75, 3.05) is 0 Å². The van der Waals surface area contributed by atoms with Gasteiger partial charge in [0.25, 0.3) is 5.56 Å². The topological polar surface area (TPSA) is 59.3 Å². The molecule has 94 valence electrons. The highest BCUT2D eigenvalue weighted by Gasteiger charge is 2.23. The van der Waals surface area contributed by atoms with Crippen molar-refractivity contribution < 1.29 is 9.90 Å². The second-order valence-corrected chi connectivity index (χ2v) is 5.33. The first-order valence-corrected chi connectivity index (χ1v) is 5.68. The van der Waals surface area contributed by atoms with Crippen LogP contribution in [0.2, 0.25) is 0 Å². The highest BCUT2D eigenvalue weighted by atomic mass is 16.4. The Morgan fingerprint density at radius 1 is 1.41 bits per heavy atom. The van der Waals surface area contributed by atoms with Crippen molar-refractivity contribution >= 4 is 5.97 Å². The SMILES string of the molecule is CC(C)C(C)(C)Cn1cc(C(=O)O)ccc1=O. The predicted octanol–water partition coefficient (Wildman–Crippen LogP) is 2.23. The monoisotopic (exact) mass is 237 g/mol. The number of hydrogen-bond acceptors (Lipinski definition) is 2. The summed E-state index contributed by atoms with van der Waals surface area (Å²) in [5.41, 5.74) is -0.0751. The van der Waals surface area contributed by atoms with E-state index in [9.17, 15) is 9.59 Å². The van der Waals surface area contributed by atoms with E-state index in [0.29, 0.717) is 12.5 Å². The van der Waals surface area contributed by atoms with Crippen molar-refractivity contribution in [2.45, 2.75) is 34.2 Å². The zero-order valence-corrected chi connectivity index (χ0v) is 10.7. The van der Waals surface area contributed by atoms with Crippen molar-refractivity contribution in [2.24, 2.45) is 11.3 Å². The average molecular weight is 237 g/mol. The van der Waals surface area contributed by atoms with Gasteiger partial charge in [0, 0.05) is 18.8 Å². The Balaban J connectivity index is 3.10. The lowest BCUT2D eigenvalue weighted by molar-refractivity contribution is 0.0695. The van der Waals surface area contributed by atoms with Gasteiger partial charge in [0.1, 0.15) is 0 Å². The summed E-state index contributed by atoms with van der Waals surface area (Å²) in [4.78, 5) is 22.5. The summed E-state index contributed by atoms with van der Waals surface area (Å²) in [5, 5.41) is 8.89. The Hall–Kier alpha value is -1.58. The van der Waals surface area contributed by atoms with Gasteiger partial charge in [-0.1, -0.05) is 27.7 Å². The summed E-state index contributed by atoms with van der Waals surface area (Å²) >= 11 is 0. The van der Waals surface area contributed by atoms with Gasteiger partial charge in [0.05, 0.1) is 5.56 Å². The van der Waals surface area contributed by atoms with Crippen LogP contribution < -0.4 is 5.56 Å². The molecule has 4 heteroatoms. The van der Waals surface area contributed by atoms with E-state index in [1.165, 1.54) is 22.9 Å². The van der Waals surface area contributed by atoms with Crippen LogP contribution in [0.15, 0.2) is 23.1 Å². The van der Waals surface area contributed by atoms with E-state index in [1.807, 2.05) is 0 Å². The summed E-state index contributed by atoms with van der Waals surface area (Å²) in [5.74, 6) is -0.607. The fourth-order valence-corrected chi connectivity index (χ4v) is 1.40. The molecule has 0 radical (unpaired) electrons. The second kappa shape index (κ2) is 4.73. The van der Waals surface area contributed by atoms with Gasteiger partial charge in [-0.3, -0.25) is 4.79 Å². The molecule has 0 aliphatic carbocycles. The minimum atomic E-state index is -1.01. The molecule has 0 atom stereocenters. The molecule has 0 amide bonds. The highest BCUT2D eigenvalue weighted by Crippen LogP contribution is 2.27. The lowest BCUT2D eigenvalue weighted by atomic mass is 9.81. The number of pyridine rings is 1. The fraction of sp³-hybridized carbons (Fsp3) is 0.538. The molecule has 0 spiro atoms. The van der Waals surface area contributed by atoms with Gasteiger partial charge in [0.2, 0.25) is 0 Å². The molecule has 0 aliphatic heterocycles. The smallest absolute Gasteiger partial charge is 0.337 e. The zero-order valence-electron chi connectivity index (χ0n) is 10.7. The van der Waals surface area contributed by atoms with Gasteiger partial charge in [-0.2, -0.15) is 0 Å². The maximum absolute atomic E-state index is 11.7. The van der Waals surface area contributed by atoms with Crippen LogP contribution in [0.4, 0.5) is 0 Å². The summed E-state index contributed by atoms with van der Waals surface area (Å²) in [6.45, 7) is 8.83. The first-order chi connectivity index (χ1) is 7.74. The highest BCUT2D eigenvalue weighted by molar-refractivity contribution is 5.87. The molecular formula is C13H19NO3. The molecule has 4 nitrogen and oxygen atoms in total. The summed E-state index contributed by atoms with van der Waals surface area (Å²) in [6, 6.07) is 2.64. The predicted molar refractivity (Wildman–Crippen MR) is 66.3 cm³/mol. The third-order valence-corrected chi connectivity index (χ3v) is 3.37. The Bertz CT molecular complexity index is 472. The van der Waals surface area contributed by atoms with Gasteiger partial charge in [-0.05, 0) is 17.4 Å². The van der Waals surface area contributed by atoms with E-state index in [0.717, 1.165) is 0 Å². The Kier molecular flexibility index (Phi) is 3.76. The third kappa shape index (κ3) is 3.19. The third-order valence-electron chi connectivity index (χ3n) is 3.37. The quantitative estimate of drug-likeness (QED) is 0.873. The number of aromatic nitrogens is 1. The molecule has 1 N–H and O–H groups in total. The first-order valence-electron chi connectivity index (χ1n) is 5.68. The molecule has 17 heavy (non-hydrogen) atoms. The minimum Gasteiger partial charge on any atom is -0.478 e. The average Bonchev–Trinajstić information content (AvgIpc) is 2.20. The van der Waals surface area contributed by atoms with E-state index in [1.54, 1.807) is 0 Å². The van der Waals surface area contributed by atoms with Crippen molar-refractivity contribution in [1.29, 1.82) is 0 Å². The van der Waals surface area contributed by atoms with Gasteiger partial charge >= 0.3 is 5.97 Å². The van der Waals surface area contributed by atoms with Gasteiger partial charge in [-0.25, -0.2) is 4.79 Å². The van der Waals surface area contributed by atoms with E-state index >= 15 is 0 Å². The molecule has 0 aliphatic rings. The Labute approximate surface area is 101 Å². The molecule has 1 rings (SSSR count). The number of carboxylic acids is 1. The van der Waals surface area contributed by atoms with Crippen LogP contribution >= 0.6 is 0 Å². The van der Waals surface area contributed by atoms with Crippen LogP contribution in [-0.2, 0) is 6.54 Å². The normalized spacial score (nSPS) is 11.8. The molecule has 0 bridgehead atoms. The van der Waals surface area contributed by atoms with Gasteiger partial charge in [0.15, 0.2) is 0 Å². The maximum Gasteiger partial charge on any atom is 0.337 e. The molecule has 0 unspecified atom stereocenters. The number of nitrogens with zero attached hydrogens (tertiary/aromatic N) is 1. The molecule has 1 aromatic rings. The van der Waals surface area contributed by atoms with Gasteiger partial charge < -0.3 is 9.67 Å². The van der Waals surface area contributed by atoms with E-state index in [4.69, 9.17) is 5.11 Å². The van der Waals surface area contributed by atoms with E-state index in [2.05, 4.69) is 27.7 Å². The van der Waals surface area contributed by atoms with Crippen LogP contribution in [0.3, 0.4) is 0 Å². The second-order valence-electron chi connectivity index (χ2n) is 5.33. The van der Waals surface area contributed by atoms with Crippen LogP contribution in [0, 0.1) is 11.3 Å². The van der Waals surface area contributed by atoms with Crippen LogP contribution in [0.1, 0.15) is 38.1 Å². The van der Waals surface area contributed by atoms with Crippen molar-refractivity contribution in [3.8, 4) is 0 Å². The lowest BCUT2D eigenvalue weighted by Crippen LogP contribution is -2.31. The summed E-state index contributed by atoms with van der Waals surface area (Å²) in [7, 11) is 0. The molecular weight excluding hydrogens is 218 g/mol. The maximum atomic E-state index is 11.7. The summed E-state index contributed by atoms with van der Waals surface area (Å²) < 4.78 is 1.48. The molecule has 0 saturated carbocycles. The van der Waals surface area contributed by atoms with Crippen LogP contribution in [0.5, 0.6) is 0 Å². The van der Waals surface area contributed by atoms with Crippen molar-refractivity contribution in [1.82, 2.24) is 4.57 Å². The standard InChI is InChI=1S/C13H19NO3/c1-9(2)13(3,4)8-14-7-10(12(16)17)5-6-11(14)15/h5-7,9H,8H2,1-4H3,(H,16,17). The van der Waals surface area contributed by atoms with E-state index in [-0.39, 0.29) is 16.5 Å². The van der Waals surface area contributed by atoms with Crippen LogP contribution in [-0.4, -0.2) is 15.6 Å². The number of aromatic carboxylic acids is 1. The molecule has 0 saturated heterocycles.